The topological polar surface area (TPSA) is 56.7 Å². The molecule has 0 heterocycles. The van der Waals surface area contributed by atoms with Gasteiger partial charge in [0.1, 0.15) is 5.82 Å². The second kappa shape index (κ2) is 10.8. The zero-order chi connectivity index (χ0) is 15.8. The Labute approximate surface area is 155 Å². The molecule has 0 spiro atoms. The van der Waals surface area contributed by atoms with Crippen molar-refractivity contribution in [1.82, 2.24) is 15.5 Å². The predicted octanol–water partition coefficient (Wildman–Crippen LogP) is 2.35. The maximum atomic E-state index is 13.7. The minimum Gasteiger partial charge on any atom is -0.357 e. The van der Waals surface area contributed by atoms with Gasteiger partial charge in [0.25, 0.3) is 0 Å². The van der Waals surface area contributed by atoms with Crippen LogP contribution in [0.5, 0.6) is 0 Å². The lowest BCUT2D eigenvalue weighted by atomic mass is 10.2. The Balaban J connectivity index is 0.00000441. The average Bonchev–Trinajstić information content (AvgIpc) is 2.42. The fraction of sp³-hybridized carbons (Fsp3) is 0.429. The molecule has 1 rings (SSSR count). The highest BCUT2D eigenvalue weighted by Gasteiger charge is 2.06. The molecule has 0 aliphatic heterocycles. The van der Waals surface area contributed by atoms with Crippen molar-refractivity contribution in [2.75, 3.05) is 27.2 Å². The van der Waals surface area contributed by atoms with Gasteiger partial charge in [-0.2, -0.15) is 0 Å². The van der Waals surface area contributed by atoms with Crippen molar-refractivity contribution < 1.29 is 9.18 Å². The van der Waals surface area contributed by atoms with Gasteiger partial charge < -0.3 is 15.5 Å². The molecule has 0 aliphatic rings. The van der Waals surface area contributed by atoms with Gasteiger partial charge in [0.05, 0.1) is 13.1 Å². The second-order valence-electron chi connectivity index (χ2n) is 4.57. The van der Waals surface area contributed by atoms with Gasteiger partial charge in [0.2, 0.25) is 5.91 Å². The van der Waals surface area contributed by atoms with Crippen molar-refractivity contribution in [2.45, 2.75) is 13.5 Å². The number of amides is 1. The van der Waals surface area contributed by atoms with Gasteiger partial charge in [0, 0.05) is 30.7 Å². The quantitative estimate of drug-likeness (QED) is 0.381. The fourth-order valence-corrected chi connectivity index (χ4v) is 1.81. The summed E-state index contributed by atoms with van der Waals surface area (Å²) in [5, 5.41) is 5.93. The summed E-state index contributed by atoms with van der Waals surface area (Å²) >= 11 is 3.21. The number of benzene rings is 1. The first-order valence-corrected chi connectivity index (χ1v) is 7.39. The highest BCUT2D eigenvalue weighted by molar-refractivity contribution is 14.0. The molecule has 0 fully saturated rings. The standard InChI is InChI=1S/C14H20BrFN4O.HI/c1-4-17-14(19-9-13(21)20(2)3)18-8-10-5-6-11(15)7-12(10)16;/h5-7H,4,8-9H2,1-3H3,(H2,17,18,19);1H. The van der Waals surface area contributed by atoms with Crippen LogP contribution in [0.25, 0.3) is 0 Å². The molecular weight excluding hydrogens is 466 g/mol. The molecule has 1 amide bonds. The third kappa shape index (κ3) is 7.39. The Morgan fingerprint density at radius 2 is 2.05 bits per heavy atom. The molecule has 0 saturated heterocycles. The van der Waals surface area contributed by atoms with Gasteiger partial charge in [-0.05, 0) is 19.1 Å². The van der Waals surface area contributed by atoms with Crippen LogP contribution in [0.4, 0.5) is 4.39 Å². The third-order valence-electron chi connectivity index (χ3n) is 2.67. The van der Waals surface area contributed by atoms with Crippen LogP contribution in [0.1, 0.15) is 12.5 Å². The summed E-state index contributed by atoms with van der Waals surface area (Å²) in [6, 6.07) is 4.85. The molecule has 0 atom stereocenters. The van der Waals surface area contributed by atoms with Crippen LogP contribution in [0.3, 0.4) is 0 Å². The van der Waals surface area contributed by atoms with E-state index in [2.05, 4.69) is 31.6 Å². The van der Waals surface area contributed by atoms with Crippen molar-refractivity contribution in [3.8, 4) is 0 Å². The molecular formula is C14H21BrFIN4O. The normalized spacial score (nSPS) is 10.7. The van der Waals surface area contributed by atoms with E-state index in [-0.39, 0.29) is 48.8 Å². The van der Waals surface area contributed by atoms with E-state index in [4.69, 9.17) is 0 Å². The minimum absolute atomic E-state index is 0. The minimum atomic E-state index is -0.312. The number of nitrogens with one attached hydrogen (secondary N) is 2. The molecule has 8 heteroatoms. The number of halogens is 3. The predicted molar refractivity (Wildman–Crippen MR) is 101 cm³/mol. The lowest BCUT2D eigenvalue weighted by Crippen LogP contribution is -2.42. The first kappa shape index (κ1) is 21.1. The van der Waals surface area contributed by atoms with Gasteiger partial charge in [0.15, 0.2) is 5.96 Å². The number of aliphatic imine (C=N–C) groups is 1. The molecule has 124 valence electrons. The van der Waals surface area contributed by atoms with Crippen LogP contribution < -0.4 is 10.6 Å². The highest BCUT2D eigenvalue weighted by atomic mass is 127. The van der Waals surface area contributed by atoms with E-state index in [0.29, 0.717) is 22.5 Å². The summed E-state index contributed by atoms with van der Waals surface area (Å²) in [5.74, 6) is 0.110. The number of likely N-dealkylation sites (N-methyl/N-ethyl adjacent to an activating group) is 1. The summed E-state index contributed by atoms with van der Waals surface area (Å²) in [6.07, 6.45) is 0. The van der Waals surface area contributed by atoms with Crippen LogP contribution in [0.2, 0.25) is 0 Å². The average molecular weight is 487 g/mol. The second-order valence-corrected chi connectivity index (χ2v) is 5.49. The summed E-state index contributed by atoms with van der Waals surface area (Å²) in [7, 11) is 3.37. The number of hydrogen-bond acceptors (Lipinski definition) is 2. The van der Waals surface area contributed by atoms with Crippen LogP contribution in [0.15, 0.2) is 27.7 Å². The van der Waals surface area contributed by atoms with Crippen LogP contribution >= 0.6 is 39.9 Å². The number of nitrogens with zero attached hydrogens (tertiary/aromatic N) is 2. The Kier molecular flexibility index (Phi) is 10.3. The maximum Gasteiger partial charge on any atom is 0.241 e. The number of rotatable bonds is 5. The molecule has 0 unspecified atom stereocenters. The summed E-state index contributed by atoms with van der Waals surface area (Å²) in [5.41, 5.74) is 0.495. The van der Waals surface area contributed by atoms with Gasteiger partial charge in [-0.15, -0.1) is 24.0 Å². The third-order valence-corrected chi connectivity index (χ3v) is 3.17. The lowest BCUT2D eigenvalue weighted by Gasteiger charge is -2.14. The monoisotopic (exact) mass is 486 g/mol. The zero-order valence-corrected chi connectivity index (χ0v) is 16.7. The molecule has 0 radical (unpaired) electrons. The largest absolute Gasteiger partial charge is 0.357 e. The number of hydrogen-bond donors (Lipinski definition) is 2. The first-order valence-electron chi connectivity index (χ1n) is 6.60. The van der Waals surface area contributed by atoms with Crippen molar-refractivity contribution in [3.05, 3.63) is 34.1 Å². The molecule has 0 aromatic heterocycles. The summed E-state index contributed by atoms with van der Waals surface area (Å²) in [6.45, 7) is 2.92. The number of carbonyl (C=O) groups excluding carboxylic acids is 1. The van der Waals surface area contributed by atoms with Gasteiger partial charge in [-0.1, -0.05) is 22.0 Å². The molecule has 1 aromatic rings. The van der Waals surface area contributed by atoms with E-state index < -0.39 is 0 Å². The van der Waals surface area contributed by atoms with Gasteiger partial charge in [-0.3, -0.25) is 4.79 Å². The molecule has 0 bridgehead atoms. The Hall–Kier alpha value is -0.900. The summed E-state index contributed by atoms with van der Waals surface area (Å²) in [4.78, 5) is 17.3. The fourth-order valence-electron chi connectivity index (χ4n) is 1.47. The van der Waals surface area contributed by atoms with E-state index in [1.54, 1.807) is 26.2 Å². The molecule has 1 aromatic carbocycles. The first-order chi connectivity index (χ1) is 9.93. The van der Waals surface area contributed by atoms with Crippen LogP contribution in [-0.4, -0.2) is 44.0 Å². The van der Waals surface area contributed by atoms with E-state index in [1.807, 2.05) is 6.92 Å². The smallest absolute Gasteiger partial charge is 0.241 e. The van der Waals surface area contributed by atoms with Gasteiger partial charge >= 0.3 is 0 Å². The van der Waals surface area contributed by atoms with E-state index in [1.165, 1.54) is 11.0 Å². The van der Waals surface area contributed by atoms with Crippen molar-refractivity contribution in [3.63, 3.8) is 0 Å². The molecule has 0 aliphatic carbocycles. The number of carbonyl (C=O) groups is 1. The van der Waals surface area contributed by atoms with Crippen molar-refractivity contribution in [2.24, 2.45) is 4.99 Å². The van der Waals surface area contributed by atoms with E-state index >= 15 is 0 Å². The van der Waals surface area contributed by atoms with Gasteiger partial charge in [-0.25, -0.2) is 9.38 Å². The highest BCUT2D eigenvalue weighted by Crippen LogP contribution is 2.15. The number of guanidine groups is 1. The summed E-state index contributed by atoms with van der Waals surface area (Å²) < 4.78 is 14.4. The molecule has 5 nitrogen and oxygen atoms in total. The van der Waals surface area contributed by atoms with E-state index in [9.17, 15) is 9.18 Å². The van der Waals surface area contributed by atoms with Crippen LogP contribution in [-0.2, 0) is 11.3 Å². The van der Waals surface area contributed by atoms with Crippen LogP contribution in [0, 0.1) is 5.82 Å². The lowest BCUT2D eigenvalue weighted by molar-refractivity contribution is -0.127. The van der Waals surface area contributed by atoms with Crippen molar-refractivity contribution >= 4 is 51.8 Å². The molecule has 22 heavy (non-hydrogen) atoms. The Morgan fingerprint density at radius 1 is 1.36 bits per heavy atom. The Bertz CT molecular complexity index is 526. The molecule has 2 N–H and O–H groups in total. The Morgan fingerprint density at radius 3 is 2.59 bits per heavy atom. The SMILES string of the molecule is CCNC(=NCc1ccc(Br)cc1F)NCC(=O)N(C)C.I. The molecule has 0 saturated carbocycles. The van der Waals surface area contributed by atoms with Crippen molar-refractivity contribution in [1.29, 1.82) is 0 Å². The maximum absolute atomic E-state index is 13.7. The van der Waals surface area contributed by atoms with E-state index in [0.717, 1.165) is 0 Å². The zero-order valence-electron chi connectivity index (χ0n) is 12.8.